The predicted molar refractivity (Wildman–Crippen MR) is 265 cm³/mol. The number of halogens is 6. The summed E-state index contributed by atoms with van der Waals surface area (Å²) in [5.74, 6) is 0. The molecule has 0 aliphatic heterocycles. The smallest absolute Gasteiger partial charge is 0.330 e. The fourth-order valence-corrected chi connectivity index (χ4v) is 9.28. The maximum Gasteiger partial charge on any atom is 0.331 e. The Bertz CT molecular complexity index is 796. The molecular weight excluding hydrogens is 911 g/mol. The van der Waals surface area contributed by atoms with Crippen molar-refractivity contribution >= 4 is 89.6 Å². The highest BCUT2D eigenvalue weighted by atomic mass is 35.5. The quantitative estimate of drug-likeness (QED) is 0.0336. The summed E-state index contributed by atoms with van der Waals surface area (Å²) in [6, 6.07) is 0. The summed E-state index contributed by atoms with van der Waals surface area (Å²) < 4.78 is 51.3. The van der Waals surface area contributed by atoms with Crippen LogP contribution in [-0.2, 0) is 27.2 Å². The first-order chi connectivity index (χ1) is 25.3. The summed E-state index contributed by atoms with van der Waals surface area (Å²) in [4.78, 5) is 4.57. The molecule has 20 heteroatoms. The van der Waals surface area contributed by atoms with Crippen molar-refractivity contribution in [2.45, 2.75) is 142 Å². The first kappa shape index (κ1) is 74.2. The molecule has 0 saturated heterocycles. The van der Waals surface area contributed by atoms with E-state index >= 15 is 0 Å². The Morgan fingerprint density at radius 1 is 0.345 bits per heavy atom. The zero-order chi connectivity index (χ0) is 38.4. The second-order valence-corrected chi connectivity index (χ2v) is 18.6. The van der Waals surface area contributed by atoms with Gasteiger partial charge in [0.25, 0.3) is 0 Å². The van der Waals surface area contributed by atoms with Crippen LogP contribution in [-0.4, -0.2) is 114 Å². The maximum atomic E-state index is 13.7. The Kier molecular flexibility index (Phi) is 70.2. The lowest BCUT2D eigenvalue weighted by Gasteiger charge is -2.25. The number of unbranched alkanes of at least 4 members (excludes halogenated alkanes) is 13. The van der Waals surface area contributed by atoms with Crippen molar-refractivity contribution in [3.05, 3.63) is 0 Å². The topological polar surface area (TPSA) is 182 Å². The Balaban J connectivity index is -0.000000867. The fraction of sp³-hybridized carbons (Fsp3) is 1.00. The van der Waals surface area contributed by atoms with Crippen molar-refractivity contribution in [3.8, 4) is 0 Å². The zero-order valence-corrected chi connectivity index (χ0v) is 43.1. The van der Waals surface area contributed by atoms with Crippen LogP contribution in [0.3, 0.4) is 0 Å². The number of nitrogens with zero attached hydrogens (tertiary/aromatic N) is 2. The van der Waals surface area contributed by atoms with Gasteiger partial charge in [-0.2, -0.15) is 0 Å². The molecule has 2 atom stereocenters. The van der Waals surface area contributed by atoms with E-state index in [1.165, 1.54) is 0 Å². The molecule has 0 aromatic carbocycles. The summed E-state index contributed by atoms with van der Waals surface area (Å²) in [6.45, 7) is 13.7. The SMILES string of the molecule is CCCCCCOP(=O)(CCN(CCCN)CCCN)OCCCCCCCCCCOP(=O)(CCN(CCCN)CCCN)OCCCCCC.Cl.Cl.Cl.Cl.Cl.Cl. The van der Waals surface area contributed by atoms with E-state index in [1.807, 2.05) is 0 Å². The lowest BCUT2D eigenvalue weighted by atomic mass is 10.1. The molecule has 0 bridgehead atoms. The molecule has 0 radical (unpaired) electrons. The molecule has 0 aromatic heterocycles. The zero-order valence-electron chi connectivity index (χ0n) is 36.5. The summed E-state index contributed by atoms with van der Waals surface area (Å²) in [5, 5.41) is 0. The van der Waals surface area contributed by atoms with Crippen LogP contribution >= 0.6 is 89.6 Å². The average Bonchev–Trinajstić information content (AvgIpc) is 3.14. The van der Waals surface area contributed by atoms with E-state index in [1.54, 1.807) is 0 Å². The van der Waals surface area contributed by atoms with Crippen LogP contribution in [0.2, 0.25) is 0 Å². The molecule has 0 heterocycles. The van der Waals surface area contributed by atoms with E-state index in [0.717, 1.165) is 155 Å². The van der Waals surface area contributed by atoms with Crippen LogP contribution < -0.4 is 22.9 Å². The van der Waals surface area contributed by atoms with Gasteiger partial charge in [0.1, 0.15) is 0 Å². The third-order valence-electron chi connectivity index (χ3n) is 9.28. The molecule has 8 N–H and O–H groups in total. The molecule has 362 valence electrons. The van der Waals surface area contributed by atoms with Crippen LogP contribution in [0.25, 0.3) is 0 Å². The van der Waals surface area contributed by atoms with Crippen molar-refractivity contribution in [1.29, 1.82) is 0 Å². The Hall–Kier alpha value is 1.80. The summed E-state index contributed by atoms with van der Waals surface area (Å²) in [7, 11) is -6.32. The molecule has 0 aliphatic rings. The molecule has 0 amide bonds. The lowest BCUT2D eigenvalue weighted by Crippen LogP contribution is -2.31. The molecule has 58 heavy (non-hydrogen) atoms. The van der Waals surface area contributed by atoms with Crippen LogP contribution in [0, 0.1) is 0 Å². The number of hydrogen-bond donors (Lipinski definition) is 4. The van der Waals surface area contributed by atoms with Gasteiger partial charge in [0.15, 0.2) is 0 Å². The van der Waals surface area contributed by atoms with E-state index in [4.69, 9.17) is 41.0 Å². The van der Waals surface area contributed by atoms with Crippen molar-refractivity contribution < 1.29 is 27.2 Å². The monoisotopic (exact) mass is 1000 g/mol. The van der Waals surface area contributed by atoms with E-state index in [0.29, 0.717) is 78.0 Å². The summed E-state index contributed by atoms with van der Waals surface area (Å²) in [5.41, 5.74) is 23.0. The largest absolute Gasteiger partial charge is 0.331 e. The molecule has 2 unspecified atom stereocenters. The highest BCUT2D eigenvalue weighted by molar-refractivity contribution is 7.54. The predicted octanol–water partition coefficient (Wildman–Crippen LogP) is 10.3. The Morgan fingerprint density at radius 3 is 0.793 bits per heavy atom. The number of nitrogens with two attached hydrogens (primary N) is 4. The Labute approximate surface area is 393 Å². The second-order valence-electron chi connectivity index (χ2n) is 14.2. The standard InChI is InChI=1S/C38H86N6O6P2.6ClH/c1-3-5-7-15-33-47-51(45,37-31-43(27-19-23-39)28-20-24-40)49-35-17-13-11-9-10-12-14-18-36-50-52(46,48-34-16-8-6-4-2)38-32-44(29-21-25-41)30-22-26-42;;;;;;/h3-42H2,1-2H3;6*1H. The van der Waals surface area contributed by atoms with Crippen LogP contribution in [0.4, 0.5) is 0 Å². The summed E-state index contributed by atoms with van der Waals surface area (Å²) >= 11 is 0. The molecule has 0 rings (SSSR count). The van der Waals surface area contributed by atoms with Gasteiger partial charge in [0, 0.05) is 13.1 Å². The minimum atomic E-state index is -3.16. The molecule has 0 fully saturated rings. The van der Waals surface area contributed by atoms with Crippen molar-refractivity contribution in [3.63, 3.8) is 0 Å². The molecular formula is C38H92Cl6N6O6P2. The highest BCUT2D eigenvalue weighted by Gasteiger charge is 2.26. The van der Waals surface area contributed by atoms with Crippen LogP contribution in [0.5, 0.6) is 0 Å². The van der Waals surface area contributed by atoms with E-state index in [-0.39, 0.29) is 74.4 Å². The van der Waals surface area contributed by atoms with Crippen molar-refractivity contribution in [2.24, 2.45) is 22.9 Å². The molecule has 0 aromatic rings. The lowest BCUT2D eigenvalue weighted by molar-refractivity contribution is 0.190. The first-order valence-electron chi connectivity index (χ1n) is 21.3. The average molecular weight is 1000 g/mol. The normalized spacial score (nSPS) is 12.9. The van der Waals surface area contributed by atoms with Gasteiger partial charge in [0.05, 0.1) is 38.8 Å². The van der Waals surface area contributed by atoms with Crippen LogP contribution in [0.15, 0.2) is 0 Å². The first-order valence-corrected chi connectivity index (χ1v) is 24.8. The van der Waals surface area contributed by atoms with Crippen LogP contribution in [0.1, 0.15) is 142 Å². The van der Waals surface area contributed by atoms with Gasteiger partial charge < -0.3 is 50.8 Å². The van der Waals surface area contributed by atoms with E-state index < -0.39 is 15.2 Å². The minimum Gasteiger partial charge on any atom is -0.330 e. The van der Waals surface area contributed by atoms with Gasteiger partial charge in [-0.3, -0.25) is 9.13 Å². The van der Waals surface area contributed by atoms with Gasteiger partial charge >= 0.3 is 15.2 Å². The Morgan fingerprint density at radius 2 is 0.569 bits per heavy atom. The molecule has 12 nitrogen and oxygen atoms in total. The van der Waals surface area contributed by atoms with Gasteiger partial charge in [-0.25, -0.2) is 0 Å². The summed E-state index contributed by atoms with van der Waals surface area (Å²) in [6.07, 6.45) is 21.5. The highest BCUT2D eigenvalue weighted by Crippen LogP contribution is 2.49. The van der Waals surface area contributed by atoms with Gasteiger partial charge in [-0.15, -0.1) is 74.4 Å². The van der Waals surface area contributed by atoms with E-state index in [2.05, 4.69) is 23.6 Å². The van der Waals surface area contributed by atoms with Crippen molar-refractivity contribution in [1.82, 2.24) is 9.80 Å². The third kappa shape index (κ3) is 47.3. The molecule has 0 spiro atoms. The fourth-order valence-electron chi connectivity index (χ4n) is 5.93. The minimum absolute atomic E-state index is 0. The van der Waals surface area contributed by atoms with Crippen molar-refractivity contribution in [2.75, 3.05) is 104 Å². The maximum absolute atomic E-state index is 13.7. The number of rotatable bonds is 43. The second kappa shape index (κ2) is 54.9. The van der Waals surface area contributed by atoms with Gasteiger partial charge in [0.2, 0.25) is 0 Å². The number of hydrogen-bond acceptors (Lipinski definition) is 12. The van der Waals surface area contributed by atoms with E-state index in [9.17, 15) is 9.13 Å². The van der Waals surface area contributed by atoms with Gasteiger partial charge in [-0.05, 0) is 104 Å². The molecule has 0 saturated carbocycles. The van der Waals surface area contributed by atoms with Gasteiger partial charge in [-0.1, -0.05) is 90.9 Å². The molecule has 0 aliphatic carbocycles. The third-order valence-corrected chi connectivity index (χ3v) is 13.1.